The number of aliphatic hydroxyl groups is 1. The topological polar surface area (TPSA) is 46.5 Å². The fraction of sp³-hybridized carbons (Fsp3) is 0.833. The second kappa shape index (κ2) is 11.4. The molecule has 26 heteroatoms. The van der Waals surface area contributed by atoms with Gasteiger partial charge < -0.3 is 9.84 Å². The number of halogens is 23. The Labute approximate surface area is 226 Å². The van der Waals surface area contributed by atoms with E-state index >= 15 is 0 Å². The van der Waals surface area contributed by atoms with Gasteiger partial charge in [0.05, 0.1) is 6.10 Å². The molecule has 0 amide bonds. The van der Waals surface area contributed by atoms with Crippen molar-refractivity contribution in [2.75, 3.05) is 6.61 Å². The van der Waals surface area contributed by atoms with Crippen molar-refractivity contribution in [2.24, 2.45) is 0 Å². The van der Waals surface area contributed by atoms with Crippen LogP contribution in [0.2, 0.25) is 0 Å². The highest BCUT2D eigenvalue weighted by atomic mass is 19.4. The molecule has 0 rings (SSSR count). The molecule has 0 saturated carbocycles. The summed E-state index contributed by atoms with van der Waals surface area (Å²) in [7, 11) is 0. The highest BCUT2D eigenvalue weighted by Crippen LogP contribution is 2.67. The molecule has 0 aromatic rings. The Bertz CT molecular complexity index is 1030. The van der Waals surface area contributed by atoms with E-state index in [2.05, 4.69) is 11.3 Å². The number of hydrogen-bond acceptors (Lipinski definition) is 3. The molecule has 44 heavy (non-hydrogen) atoms. The normalized spacial score (nSPS) is 16.5. The Balaban J connectivity index is 6.93. The number of alkyl halides is 23. The van der Waals surface area contributed by atoms with Crippen molar-refractivity contribution in [3.05, 3.63) is 12.7 Å². The number of hydrogen-bond donors (Lipinski definition) is 1. The molecule has 0 aliphatic heterocycles. The van der Waals surface area contributed by atoms with Gasteiger partial charge in [-0.05, 0) is 6.42 Å². The Kier molecular flexibility index (Phi) is 10.8. The molecular weight excluding hydrogens is 701 g/mol. The summed E-state index contributed by atoms with van der Waals surface area (Å²) in [5.41, 5.74) is -9.06. The van der Waals surface area contributed by atoms with Crippen molar-refractivity contribution in [3.63, 3.8) is 0 Å². The lowest BCUT2D eigenvalue weighted by Gasteiger charge is -2.46. The molecule has 3 nitrogen and oxygen atoms in total. The standard InChI is InChI=1S/C18H11F23O3/c1-2-7(43)44-5-6(42)3-4-8(19,20)10(22,23)12(26,27)14(30,31)16(34,35)15(32,33)13(28,29)11(24,25)9(21,17(36,37)38)18(39,40)41/h2,6,42H,1,3-5H2. The van der Waals surface area contributed by atoms with E-state index in [1.165, 1.54) is 0 Å². The maximum absolute atomic E-state index is 13.8. The number of ether oxygens (including phenoxy) is 1. The Morgan fingerprint density at radius 3 is 1.16 bits per heavy atom. The molecule has 0 heterocycles. The monoisotopic (exact) mass is 712 g/mol. The summed E-state index contributed by atoms with van der Waals surface area (Å²) < 4.78 is 312. The van der Waals surface area contributed by atoms with Gasteiger partial charge in [-0.2, -0.15) is 96.6 Å². The zero-order chi connectivity index (χ0) is 36.2. The molecule has 1 N–H and O–H groups in total. The summed E-state index contributed by atoms with van der Waals surface area (Å²) in [4.78, 5) is 10.7. The average Bonchev–Trinajstić information content (AvgIpc) is 2.82. The molecule has 0 fully saturated rings. The number of esters is 1. The van der Waals surface area contributed by atoms with Crippen LogP contribution in [0.25, 0.3) is 0 Å². The van der Waals surface area contributed by atoms with E-state index in [1.807, 2.05) is 0 Å². The fourth-order valence-corrected chi connectivity index (χ4v) is 2.77. The lowest BCUT2D eigenvalue weighted by atomic mass is 9.82. The third kappa shape index (κ3) is 5.82. The van der Waals surface area contributed by atoms with E-state index in [9.17, 15) is 111 Å². The Morgan fingerprint density at radius 2 is 0.864 bits per heavy atom. The van der Waals surface area contributed by atoms with Crippen LogP contribution in [0.5, 0.6) is 0 Å². The summed E-state index contributed by atoms with van der Waals surface area (Å²) in [5, 5.41) is 9.18. The van der Waals surface area contributed by atoms with Gasteiger partial charge in [0, 0.05) is 12.5 Å². The van der Waals surface area contributed by atoms with Crippen LogP contribution >= 0.6 is 0 Å². The summed E-state index contributed by atoms with van der Waals surface area (Å²) in [5.74, 6) is -72.6. The first-order chi connectivity index (χ1) is 18.8. The predicted molar refractivity (Wildman–Crippen MR) is 91.9 cm³/mol. The highest BCUT2D eigenvalue weighted by molar-refractivity contribution is 5.81. The number of aliphatic hydroxyl groups excluding tert-OH is 1. The van der Waals surface area contributed by atoms with Gasteiger partial charge >= 0.3 is 71.4 Å². The average molecular weight is 712 g/mol. The molecular formula is C18H11F23O3. The van der Waals surface area contributed by atoms with E-state index in [0.29, 0.717) is 6.08 Å². The van der Waals surface area contributed by atoms with Crippen LogP contribution in [0.15, 0.2) is 12.7 Å². The summed E-state index contributed by atoms with van der Waals surface area (Å²) >= 11 is 0. The van der Waals surface area contributed by atoms with E-state index in [0.717, 1.165) is 0 Å². The van der Waals surface area contributed by atoms with Gasteiger partial charge in [-0.3, -0.25) is 0 Å². The van der Waals surface area contributed by atoms with Gasteiger partial charge in [-0.15, -0.1) is 0 Å². The van der Waals surface area contributed by atoms with Gasteiger partial charge in [0.25, 0.3) is 0 Å². The van der Waals surface area contributed by atoms with Gasteiger partial charge in [-0.25, -0.2) is 9.18 Å². The van der Waals surface area contributed by atoms with Gasteiger partial charge in [0.2, 0.25) is 0 Å². The Morgan fingerprint density at radius 1 is 0.568 bits per heavy atom. The first-order valence-corrected chi connectivity index (χ1v) is 10.2. The second-order valence-electron chi connectivity index (χ2n) is 8.41. The minimum Gasteiger partial charge on any atom is -0.460 e. The smallest absolute Gasteiger partial charge is 0.438 e. The minimum atomic E-state index is -9.53. The second-order valence-corrected chi connectivity index (χ2v) is 8.41. The summed E-state index contributed by atoms with van der Waals surface area (Å²) in [6, 6.07) is 0. The van der Waals surface area contributed by atoms with E-state index in [4.69, 9.17) is 0 Å². The fourth-order valence-electron chi connectivity index (χ4n) is 2.77. The van der Waals surface area contributed by atoms with Crippen molar-refractivity contribution in [1.82, 2.24) is 0 Å². The van der Waals surface area contributed by atoms with Crippen molar-refractivity contribution < 1.29 is 116 Å². The molecule has 0 bridgehead atoms. The molecule has 0 aromatic heterocycles. The van der Waals surface area contributed by atoms with Crippen LogP contribution in [0.3, 0.4) is 0 Å². The molecule has 0 aromatic carbocycles. The lowest BCUT2D eigenvalue weighted by molar-refractivity contribution is -0.481. The van der Waals surface area contributed by atoms with E-state index < -0.39 is 96.9 Å². The van der Waals surface area contributed by atoms with Crippen molar-refractivity contribution >= 4 is 5.97 Å². The zero-order valence-corrected chi connectivity index (χ0v) is 19.9. The third-order valence-electron chi connectivity index (χ3n) is 5.42. The number of carbonyl (C=O) groups excluding carboxylic acids is 1. The molecule has 0 aliphatic carbocycles. The molecule has 0 saturated heterocycles. The molecule has 262 valence electrons. The van der Waals surface area contributed by atoms with Crippen LogP contribution in [-0.4, -0.2) is 89.2 Å². The predicted octanol–water partition coefficient (Wildman–Crippen LogP) is 7.77. The molecule has 1 unspecified atom stereocenters. The highest BCUT2D eigenvalue weighted by Gasteiger charge is 2.99. The Hall–Kier alpha value is -2.44. The molecule has 1 atom stereocenters. The first-order valence-electron chi connectivity index (χ1n) is 10.2. The molecule has 0 spiro atoms. The quantitative estimate of drug-likeness (QED) is 0.114. The van der Waals surface area contributed by atoms with Crippen LogP contribution in [-0.2, 0) is 9.53 Å². The van der Waals surface area contributed by atoms with Gasteiger partial charge in [-0.1, -0.05) is 6.58 Å². The van der Waals surface area contributed by atoms with E-state index in [-0.39, 0.29) is 0 Å². The first kappa shape index (κ1) is 41.6. The van der Waals surface area contributed by atoms with Gasteiger partial charge in [0.1, 0.15) is 6.61 Å². The molecule has 0 radical (unpaired) electrons. The van der Waals surface area contributed by atoms with Crippen LogP contribution < -0.4 is 0 Å². The van der Waals surface area contributed by atoms with Gasteiger partial charge in [0.15, 0.2) is 0 Å². The van der Waals surface area contributed by atoms with Crippen LogP contribution in [0.1, 0.15) is 12.8 Å². The van der Waals surface area contributed by atoms with Crippen LogP contribution in [0.4, 0.5) is 101 Å². The minimum absolute atomic E-state index is 0.327. The van der Waals surface area contributed by atoms with Crippen molar-refractivity contribution in [2.45, 2.75) is 84.3 Å². The summed E-state index contributed by atoms with van der Waals surface area (Å²) in [6.45, 7) is 1.28. The van der Waals surface area contributed by atoms with Crippen LogP contribution in [0, 0.1) is 0 Å². The summed E-state index contributed by atoms with van der Waals surface area (Å²) in [6.07, 6.45) is -24.5. The number of carbonyl (C=O) groups is 1. The maximum Gasteiger partial charge on any atom is 0.438 e. The number of rotatable bonds is 14. The lowest BCUT2D eigenvalue weighted by Crippen LogP contribution is -2.79. The maximum atomic E-state index is 13.8. The van der Waals surface area contributed by atoms with Crippen molar-refractivity contribution in [3.8, 4) is 0 Å². The van der Waals surface area contributed by atoms with Crippen molar-refractivity contribution in [1.29, 1.82) is 0 Å². The van der Waals surface area contributed by atoms with E-state index in [1.54, 1.807) is 0 Å². The third-order valence-corrected chi connectivity index (χ3v) is 5.42. The largest absolute Gasteiger partial charge is 0.460 e. The zero-order valence-electron chi connectivity index (χ0n) is 19.9. The SMILES string of the molecule is C=CC(=O)OCC(O)CCC(F)(F)C(F)(F)C(F)(F)C(F)(F)C(F)(F)C(F)(F)C(F)(F)C(F)(F)C(F)(C(F)(F)F)C(F)(F)F. The molecule has 0 aliphatic rings.